The Morgan fingerprint density at radius 2 is 1.72 bits per heavy atom. The Bertz CT molecular complexity index is 716. The van der Waals surface area contributed by atoms with Gasteiger partial charge in [-0.05, 0) is 23.3 Å². The second-order valence-corrected chi connectivity index (χ2v) is 5.12. The molecule has 2 aromatic carbocycles. The van der Waals surface area contributed by atoms with Crippen molar-refractivity contribution in [2.24, 2.45) is 10.7 Å². The lowest BCUT2D eigenvalue weighted by Crippen LogP contribution is -2.24. The number of nitrogens with one attached hydrogen (secondary N) is 1. The Balaban J connectivity index is 2.01. The average Bonchev–Trinajstić information content (AvgIpc) is 2.55. The summed E-state index contributed by atoms with van der Waals surface area (Å²) in [5.41, 5.74) is 7.76. The van der Waals surface area contributed by atoms with Crippen molar-refractivity contribution in [1.82, 2.24) is 0 Å². The molecule has 8 heteroatoms. The number of rotatable bonds is 6. The van der Waals surface area contributed by atoms with E-state index in [9.17, 15) is 13.2 Å². The molecule has 5 nitrogen and oxygen atoms in total. The van der Waals surface area contributed by atoms with Crippen LogP contribution in [0, 0.1) is 0 Å². The smallest absolute Gasteiger partial charge is 0.404 e. The predicted molar refractivity (Wildman–Crippen MR) is 89.2 cm³/mol. The lowest BCUT2D eigenvalue weighted by Gasteiger charge is -2.14. The standard InChI is InChI=1S/C17H18F3N3O2/c1-24-11-13-8-6-12(7-9-13)10-22-16(21)23-14-4-2-3-5-15(14)25-17(18,19)20/h2-9H,10-11H2,1H3,(H3,21,22,23). The first-order chi connectivity index (χ1) is 11.9. The number of halogens is 3. The Morgan fingerprint density at radius 3 is 2.36 bits per heavy atom. The third-order valence-electron chi connectivity index (χ3n) is 3.14. The fourth-order valence-corrected chi connectivity index (χ4v) is 2.05. The van der Waals surface area contributed by atoms with Crippen molar-refractivity contribution in [3.05, 3.63) is 59.7 Å². The first-order valence-corrected chi connectivity index (χ1v) is 7.36. The Morgan fingerprint density at radius 1 is 1.08 bits per heavy atom. The number of methoxy groups -OCH3 is 1. The van der Waals surface area contributed by atoms with E-state index in [1.165, 1.54) is 18.2 Å². The van der Waals surface area contributed by atoms with E-state index in [0.29, 0.717) is 6.61 Å². The SMILES string of the molecule is COCc1ccc(CN=C(N)Nc2ccccc2OC(F)(F)F)cc1. The van der Waals surface area contributed by atoms with E-state index in [-0.39, 0.29) is 23.9 Å². The highest BCUT2D eigenvalue weighted by Crippen LogP contribution is 2.29. The Labute approximate surface area is 143 Å². The van der Waals surface area contributed by atoms with Crippen LogP contribution in [0.2, 0.25) is 0 Å². The molecule has 0 saturated heterocycles. The van der Waals surface area contributed by atoms with Crippen LogP contribution in [0.3, 0.4) is 0 Å². The van der Waals surface area contributed by atoms with Gasteiger partial charge in [0, 0.05) is 7.11 Å². The van der Waals surface area contributed by atoms with Crippen molar-refractivity contribution in [3.63, 3.8) is 0 Å². The summed E-state index contributed by atoms with van der Waals surface area (Å²) >= 11 is 0. The van der Waals surface area contributed by atoms with Crippen LogP contribution in [-0.4, -0.2) is 19.4 Å². The number of para-hydroxylation sites is 2. The van der Waals surface area contributed by atoms with E-state index < -0.39 is 6.36 Å². The number of hydrogen-bond donors (Lipinski definition) is 2. The van der Waals surface area contributed by atoms with Crippen molar-refractivity contribution in [1.29, 1.82) is 0 Å². The van der Waals surface area contributed by atoms with Crippen LogP contribution in [0.1, 0.15) is 11.1 Å². The van der Waals surface area contributed by atoms with Gasteiger partial charge in [0.25, 0.3) is 0 Å². The molecule has 0 unspecified atom stereocenters. The summed E-state index contributed by atoms with van der Waals surface area (Å²) in [6, 6.07) is 13.2. The zero-order chi connectivity index (χ0) is 18.3. The van der Waals surface area contributed by atoms with Crippen LogP contribution in [-0.2, 0) is 17.9 Å². The zero-order valence-corrected chi connectivity index (χ0v) is 13.5. The van der Waals surface area contributed by atoms with E-state index in [2.05, 4.69) is 15.0 Å². The number of nitrogens with zero attached hydrogens (tertiary/aromatic N) is 1. The molecule has 0 bridgehead atoms. The molecule has 0 fully saturated rings. The van der Waals surface area contributed by atoms with Crippen molar-refractivity contribution in [3.8, 4) is 5.75 Å². The van der Waals surface area contributed by atoms with E-state index in [1.54, 1.807) is 13.2 Å². The van der Waals surface area contributed by atoms with E-state index in [0.717, 1.165) is 11.1 Å². The highest BCUT2D eigenvalue weighted by atomic mass is 19.4. The number of aliphatic imine (C=N–C) groups is 1. The zero-order valence-electron chi connectivity index (χ0n) is 13.5. The van der Waals surface area contributed by atoms with Gasteiger partial charge in [-0.3, -0.25) is 0 Å². The van der Waals surface area contributed by atoms with Crippen LogP contribution in [0.5, 0.6) is 5.75 Å². The molecule has 0 aliphatic heterocycles. The largest absolute Gasteiger partial charge is 0.573 e. The van der Waals surface area contributed by atoms with Crippen LogP contribution in [0.4, 0.5) is 18.9 Å². The van der Waals surface area contributed by atoms with Gasteiger partial charge < -0.3 is 20.5 Å². The summed E-state index contributed by atoms with van der Waals surface area (Å²) in [7, 11) is 1.62. The molecule has 2 rings (SSSR count). The topological polar surface area (TPSA) is 68.9 Å². The van der Waals surface area contributed by atoms with Gasteiger partial charge in [0.05, 0.1) is 18.8 Å². The van der Waals surface area contributed by atoms with Gasteiger partial charge in [-0.2, -0.15) is 0 Å². The van der Waals surface area contributed by atoms with Gasteiger partial charge in [0.2, 0.25) is 0 Å². The molecule has 3 N–H and O–H groups in total. The summed E-state index contributed by atoms with van der Waals surface area (Å²) in [6.45, 7) is 0.803. The van der Waals surface area contributed by atoms with Crippen LogP contribution >= 0.6 is 0 Å². The Hall–Kier alpha value is -2.74. The third kappa shape index (κ3) is 6.34. The van der Waals surface area contributed by atoms with E-state index in [4.69, 9.17) is 10.5 Å². The number of benzene rings is 2. The van der Waals surface area contributed by atoms with E-state index >= 15 is 0 Å². The fraction of sp³-hybridized carbons (Fsp3) is 0.235. The minimum absolute atomic E-state index is 0.0146. The monoisotopic (exact) mass is 353 g/mol. The molecule has 134 valence electrons. The lowest BCUT2D eigenvalue weighted by molar-refractivity contribution is -0.274. The first-order valence-electron chi connectivity index (χ1n) is 7.36. The molecule has 0 amide bonds. The van der Waals surface area contributed by atoms with Crippen molar-refractivity contribution >= 4 is 11.6 Å². The highest BCUT2D eigenvalue weighted by Gasteiger charge is 2.32. The second kappa shape index (κ2) is 8.39. The number of hydrogen-bond acceptors (Lipinski definition) is 3. The summed E-state index contributed by atoms with van der Waals surface area (Å²) < 4.78 is 46.2. The molecule has 0 aliphatic carbocycles. The number of nitrogens with two attached hydrogens (primary N) is 1. The minimum atomic E-state index is -4.78. The van der Waals surface area contributed by atoms with Gasteiger partial charge in [-0.25, -0.2) is 4.99 Å². The van der Waals surface area contributed by atoms with Gasteiger partial charge in [0.15, 0.2) is 11.7 Å². The molecule has 0 saturated carbocycles. The Kier molecular flexibility index (Phi) is 6.24. The third-order valence-corrected chi connectivity index (χ3v) is 3.14. The normalized spacial score (nSPS) is 12.1. The summed E-state index contributed by atoms with van der Waals surface area (Å²) in [4.78, 5) is 4.12. The molecular weight excluding hydrogens is 335 g/mol. The molecule has 0 aliphatic rings. The van der Waals surface area contributed by atoms with Gasteiger partial charge in [0.1, 0.15) is 0 Å². The summed E-state index contributed by atoms with van der Waals surface area (Å²) in [5, 5.41) is 2.62. The van der Waals surface area contributed by atoms with Crippen molar-refractivity contribution in [2.45, 2.75) is 19.5 Å². The molecule has 0 heterocycles. The maximum atomic E-state index is 12.4. The van der Waals surface area contributed by atoms with Gasteiger partial charge in [-0.15, -0.1) is 13.2 Å². The van der Waals surface area contributed by atoms with Gasteiger partial charge >= 0.3 is 6.36 Å². The first kappa shape index (κ1) is 18.6. The van der Waals surface area contributed by atoms with Gasteiger partial charge in [-0.1, -0.05) is 36.4 Å². The minimum Gasteiger partial charge on any atom is -0.404 e. The molecule has 0 spiro atoms. The van der Waals surface area contributed by atoms with Crippen molar-refractivity contribution < 1.29 is 22.6 Å². The van der Waals surface area contributed by atoms with E-state index in [1.807, 2.05) is 24.3 Å². The highest BCUT2D eigenvalue weighted by molar-refractivity contribution is 5.93. The molecular formula is C17H18F3N3O2. The molecule has 0 radical (unpaired) electrons. The molecule has 0 aromatic heterocycles. The summed E-state index contributed by atoms with van der Waals surface area (Å²) in [5.74, 6) is -0.392. The number of anilines is 1. The van der Waals surface area contributed by atoms with Crippen LogP contribution in [0.15, 0.2) is 53.5 Å². The maximum absolute atomic E-state index is 12.4. The molecule has 0 atom stereocenters. The second-order valence-electron chi connectivity index (χ2n) is 5.12. The number of alkyl halides is 3. The fourth-order valence-electron chi connectivity index (χ4n) is 2.05. The summed E-state index contributed by atoms with van der Waals surface area (Å²) in [6.07, 6.45) is -4.78. The van der Waals surface area contributed by atoms with Crippen LogP contribution in [0.25, 0.3) is 0 Å². The maximum Gasteiger partial charge on any atom is 0.573 e. The lowest BCUT2D eigenvalue weighted by atomic mass is 10.1. The quantitative estimate of drug-likeness (QED) is 0.614. The van der Waals surface area contributed by atoms with Crippen molar-refractivity contribution in [2.75, 3.05) is 12.4 Å². The van der Waals surface area contributed by atoms with Crippen LogP contribution < -0.4 is 15.8 Å². The number of guanidine groups is 1. The molecule has 25 heavy (non-hydrogen) atoms. The number of ether oxygens (including phenoxy) is 2. The average molecular weight is 353 g/mol. The molecule has 2 aromatic rings. The predicted octanol–water partition coefficient (Wildman–Crippen LogP) is 3.66.